The second-order valence-electron chi connectivity index (χ2n) is 4.91. The van der Waals surface area contributed by atoms with Gasteiger partial charge in [-0.2, -0.15) is 13.2 Å². The van der Waals surface area contributed by atoms with Gasteiger partial charge >= 0.3 is 12.1 Å². The molecule has 23 heavy (non-hydrogen) atoms. The van der Waals surface area contributed by atoms with Crippen LogP contribution >= 0.6 is 0 Å². The molecule has 0 unspecified atom stereocenters. The number of carbonyl (C=O) groups excluding carboxylic acids is 2. The standard InChI is InChI=1S/C15H15F3N2O3/c16-15(17,18)9-20-13(21)8-23-14(22)6-5-10-7-19-12-4-2-1-3-11(10)12/h1-4,7,19H,5-6,8-9H2,(H,20,21). The molecule has 0 saturated carbocycles. The number of benzene rings is 1. The molecule has 1 heterocycles. The minimum atomic E-state index is -4.49. The SMILES string of the molecule is O=C(COC(=O)CCc1c[nH]c2ccccc12)NCC(F)(F)F. The van der Waals surface area contributed by atoms with E-state index in [0.717, 1.165) is 16.5 Å². The fourth-order valence-corrected chi connectivity index (χ4v) is 2.04. The zero-order chi connectivity index (χ0) is 16.9. The van der Waals surface area contributed by atoms with E-state index in [4.69, 9.17) is 0 Å². The van der Waals surface area contributed by atoms with Crippen molar-refractivity contribution in [1.82, 2.24) is 10.3 Å². The maximum absolute atomic E-state index is 11.9. The Morgan fingerprint density at radius 2 is 1.96 bits per heavy atom. The van der Waals surface area contributed by atoms with E-state index in [1.54, 1.807) is 11.5 Å². The van der Waals surface area contributed by atoms with Crippen LogP contribution in [0.2, 0.25) is 0 Å². The first-order valence-corrected chi connectivity index (χ1v) is 6.89. The van der Waals surface area contributed by atoms with Crippen LogP contribution < -0.4 is 5.32 Å². The number of fused-ring (bicyclic) bond motifs is 1. The lowest BCUT2D eigenvalue weighted by molar-refractivity contribution is -0.151. The number of alkyl halides is 3. The summed E-state index contributed by atoms with van der Waals surface area (Å²) in [5.74, 6) is -1.62. The second kappa shape index (κ2) is 7.17. The van der Waals surface area contributed by atoms with E-state index in [0.29, 0.717) is 6.42 Å². The van der Waals surface area contributed by atoms with E-state index in [1.807, 2.05) is 24.3 Å². The van der Waals surface area contributed by atoms with Gasteiger partial charge in [0, 0.05) is 23.5 Å². The molecule has 0 aliphatic rings. The minimum Gasteiger partial charge on any atom is -0.456 e. The van der Waals surface area contributed by atoms with Crippen LogP contribution in [0.1, 0.15) is 12.0 Å². The van der Waals surface area contributed by atoms with Gasteiger partial charge < -0.3 is 15.0 Å². The molecule has 0 aliphatic carbocycles. The number of para-hydroxylation sites is 1. The number of rotatable bonds is 6. The number of hydrogen-bond acceptors (Lipinski definition) is 3. The first-order chi connectivity index (χ1) is 10.8. The lowest BCUT2D eigenvalue weighted by Gasteiger charge is -2.08. The molecule has 124 valence electrons. The van der Waals surface area contributed by atoms with Crippen molar-refractivity contribution in [3.8, 4) is 0 Å². The van der Waals surface area contributed by atoms with Crippen molar-refractivity contribution in [1.29, 1.82) is 0 Å². The van der Waals surface area contributed by atoms with Crippen LogP contribution in [0.15, 0.2) is 30.5 Å². The van der Waals surface area contributed by atoms with Gasteiger partial charge in [-0.1, -0.05) is 18.2 Å². The van der Waals surface area contributed by atoms with Gasteiger partial charge in [0.25, 0.3) is 5.91 Å². The van der Waals surface area contributed by atoms with Crippen molar-refractivity contribution in [2.45, 2.75) is 19.0 Å². The Balaban J connectivity index is 1.74. The summed E-state index contributed by atoms with van der Waals surface area (Å²) in [6, 6.07) is 7.58. The van der Waals surface area contributed by atoms with E-state index in [-0.39, 0.29) is 6.42 Å². The Bertz CT molecular complexity index is 695. The summed E-state index contributed by atoms with van der Waals surface area (Å²) >= 11 is 0. The molecule has 0 fully saturated rings. The smallest absolute Gasteiger partial charge is 0.405 e. The predicted molar refractivity (Wildman–Crippen MR) is 76.6 cm³/mol. The highest BCUT2D eigenvalue weighted by atomic mass is 19.4. The Morgan fingerprint density at radius 1 is 1.22 bits per heavy atom. The van der Waals surface area contributed by atoms with Crippen LogP contribution in [-0.4, -0.2) is 36.2 Å². The maximum atomic E-state index is 11.9. The average Bonchev–Trinajstić information content (AvgIpc) is 2.91. The van der Waals surface area contributed by atoms with E-state index >= 15 is 0 Å². The molecule has 8 heteroatoms. The number of esters is 1. The van der Waals surface area contributed by atoms with Crippen molar-refractivity contribution in [2.24, 2.45) is 0 Å². The highest BCUT2D eigenvalue weighted by Gasteiger charge is 2.27. The fourth-order valence-electron chi connectivity index (χ4n) is 2.04. The number of amides is 1. The number of aromatic amines is 1. The molecule has 0 bridgehead atoms. The third-order valence-corrected chi connectivity index (χ3v) is 3.12. The van der Waals surface area contributed by atoms with Crippen molar-refractivity contribution in [2.75, 3.05) is 13.2 Å². The van der Waals surface area contributed by atoms with Crippen molar-refractivity contribution >= 4 is 22.8 Å². The summed E-state index contributed by atoms with van der Waals surface area (Å²) in [6.45, 7) is -2.17. The lowest BCUT2D eigenvalue weighted by atomic mass is 10.1. The van der Waals surface area contributed by atoms with Gasteiger partial charge in [0.1, 0.15) is 6.54 Å². The van der Waals surface area contributed by atoms with Crippen LogP contribution in [0.25, 0.3) is 10.9 Å². The number of halogens is 3. The average molecular weight is 328 g/mol. The van der Waals surface area contributed by atoms with E-state index in [1.165, 1.54) is 0 Å². The van der Waals surface area contributed by atoms with Gasteiger partial charge in [0.05, 0.1) is 0 Å². The molecular formula is C15H15F3N2O3. The van der Waals surface area contributed by atoms with E-state index < -0.39 is 31.2 Å². The summed E-state index contributed by atoms with van der Waals surface area (Å²) in [7, 11) is 0. The van der Waals surface area contributed by atoms with E-state index in [9.17, 15) is 22.8 Å². The van der Waals surface area contributed by atoms with Crippen LogP contribution in [0.4, 0.5) is 13.2 Å². The molecule has 1 aromatic heterocycles. The number of nitrogens with one attached hydrogen (secondary N) is 2. The molecule has 2 rings (SSSR count). The van der Waals surface area contributed by atoms with Crippen LogP contribution in [0.5, 0.6) is 0 Å². The molecule has 0 atom stereocenters. The summed E-state index contributed by atoms with van der Waals surface area (Å²) in [5, 5.41) is 2.61. The fraction of sp³-hybridized carbons (Fsp3) is 0.333. The van der Waals surface area contributed by atoms with Gasteiger partial charge in [-0.15, -0.1) is 0 Å². The summed E-state index contributed by atoms with van der Waals surface area (Å²) < 4.78 is 40.3. The molecule has 1 aromatic carbocycles. The first-order valence-electron chi connectivity index (χ1n) is 6.89. The third-order valence-electron chi connectivity index (χ3n) is 3.12. The highest BCUT2D eigenvalue weighted by Crippen LogP contribution is 2.19. The maximum Gasteiger partial charge on any atom is 0.405 e. The normalized spacial score (nSPS) is 11.4. The summed E-state index contributed by atoms with van der Waals surface area (Å²) in [6.07, 6.45) is -2.26. The monoisotopic (exact) mass is 328 g/mol. The van der Waals surface area contributed by atoms with Gasteiger partial charge in [-0.05, 0) is 18.1 Å². The molecule has 5 nitrogen and oxygen atoms in total. The van der Waals surface area contributed by atoms with E-state index in [2.05, 4.69) is 9.72 Å². The summed E-state index contributed by atoms with van der Waals surface area (Å²) in [4.78, 5) is 25.7. The Kier molecular flexibility index (Phi) is 5.25. The van der Waals surface area contributed by atoms with Crippen LogP contribution in [0.3, 0.4) is 0 Å². The first kappa shape index (κ1) is 16.9. The topological polar surface area (TPSA) is 71.2 Å². The second-order valence-corrected chi connectivity index (χ2v) is 4.91. The molecular weight excluding hydrogens is 313 g/mol. The Hall–Kier alpha value is -2.51. The number of carbonyl (C=O) groups is 2. The molecule has 0 radical (unpaired) electrons. The molecule has 2 aromatic rings. The van der Waals surface area contributed by atoms with Gasteiger partial charge in [-0.3, -0.25) is 9.59 Å². The van der Waals surface area contributed by atoms with Crippen molar-refractivity contribution < 1.29 is 27.5 Å². The molecule has 0 spiro atoms. The Labute approximate surface area is 129 Å². The largest absolute Gasteiger partial charge is 0.456 e. The lowest BCUT2D eigenvalue weighted by Crippen LogP contribution is -2.36. The number of H-pyrrole nitrogens is 1. The number of aromatic nitrogens is 1. The van der Waals surface area contributed by atoms with Crippen LogP contribution in [0, 0.1) is 0 Å². The molecule has 1 amide bonds. The van der Waals surface area contributed by atoms with Gasteiger partial charge in [-0.25, -0.2) is 0 Å². The highest BCUT2D eigenvalue weighted by molar-refractivity contribution is 5.84. The third kappa shape index (κ3) is 5.32. The van der Waals surface area contributed by atoms with Gasteiger partial charge in [0.15, 0.2) is 6.61 Å². The predicted octanol–water partition coefficient (Wildman–Crippen LogP) is 2.32. The van der Waals surface area contributed by atoms with Crippen molar-refractivity contribution in [3.05, 3.63) is 36.0 Å². The molecule has 0 aliphatic heterocycles. The Morgan fingerprint density at radius 3 is 2.70 bits per heavy atom. The van der Waals surface area contributed by atoms with Gasteiger partial charge in [0.2, 0.25) is 0 Å². The summed E-state index contributed by atoms with van der Waals surface area (Å²) in [5.41, 5.74) is 1.88. The quantitative estimate of drug-likeness (QED) is 0.800. The minimum absolute atomic E-state index is 0.0361. The molecule has 0 saturated heterocycles. The van der Waals surface area contributed by atoms with Crippen LogP contribution in [-0.2, 0) is 20.7 Å². The zero-order valence-corrected chi connectivity index (χ0v) is 12.1. The number of aryl methyl sites for hydroxylation is 1. The molecule has 2 N–H and O–H groups in total. The number of ether oxygens (including phenoxy) is 1. The number of hydrogen-bond donors (Lipinski definition) is 2. The van der Waals surface area contributed by atoms with Crippen molar-refractivity contribution in [3.63, 3.8) is 0 Å². The zero-order valence-electron chi connectivity index (χ0n) is 12.1.